The Labute approximate surface area is 161 Å². The fourth-order valence-corrected chi connectivity index (χ4v) is 4.16. The van der Waals surface area contributed by atoms with Crippen molar-refractivity contribution >= 4 is 38.4 Å². The Bertz CT molecular complexity index is 1250. The molecule has 0 unspecified atom stereocenters. The van der Waals surface area contributed by atoms with Crippen molar-refractivity contribution in [2.45, 2.75) is 4.90 Å². The topological polar surface area (TPSA) is 137 Å². The number of anilines is 3. The largest absolute Gasteiger partial charge is 0.368 e. The van der Waals surface area contributed by atoms with Crippen LogP contribution in [0.5, 0.6) is 0 Å². The average molecular weight is 392 g/mol. The highest BCUT2D eigenvalue weighted by atomic mass is 32.2. The highest BCUT2D eigenvalue weighted by Crippen LogP contribution is 2.26. The Morgan fingerprint density at radius 3 is 2.11 bits per heavy atom. The minimum atomic E-state index is -3.76. The average Bonchev–Trinajstić information content (AvgIpc) is 2.67. The second kappa shape index (κ2) is 6.78. The van der Waals surface area contributed by atoms with E-state index in [0.29, 0.717) is 22.5 Å². The molecule has 4 aromatic rings. The van der Waals surface area contributed by atoms with E-state index in [2.05, 4.69) is 19.7 Å². The highest BCUT2D eigenvalue weighted by Gasteiger charge is 2.17. The highest BCUT2D eigenvalue weighted by molar-refractivity contribution is 7.93. The van der Waals surface area contributed by atoms with E-state index in [-0.39, 0.29) is 16.8 Å². The smallest absolute Gasteiger partial charge is 0.262 e. The molecule has 1 heterocycles. The summed E-state index contributed by atoms with van der Waals surface area (Å²) >= 11 is 0. The van der Waals surface area contributed by atoms with Crippen LogP contribution in [0.25, 0.3) is 22.2 Å². The molecular formula is C19H16N6O2S. The van der Waals surface area contributed by atoms with Crippen molar-refractivity contribution in [3.63, 3.8) is 0 Å². The third kappa shape index (κ3) is 3.42. The fourth-order valence-electron chi connectivity index (χ4n) is 2.87. The van der Waals surface area contributed by atoms with Gasteiger partial charge in [-0.1, -0.05) is 36.4 Å². The Balaban J connectivity index is 1.65. The number of sulfonamides is 1. The van der Waals surface area contributed by atoms with Crippen LogP contribution in [0.15, 0.2) is 71.6 Å². The van der Waals surface area contributed by atoms with Crippen LogP contribution in [-0.2, 0) is 10.0 Å². The van der Waals surface area contributed by atoms with Gasteiger partial charge < -0.3 is 11.5 Å². The molecule has 8 nitrogen and oxygen atoms in total. The maximum Gasteiger partial charge on any atom is 0.262 e. The predicted octanol–water partition coefficient (Wildman–Crippen LogP) is 2.66. The maximum atomic E-state index is 12.9. The van der Waals surface area contributed by atoms with Crippen molar-refractivity contribution in [3.05, 3.63) is 66.7 Å². The van der Waals surface area contributed by atoms with E-state index < -0.39 is 10.0 Å². The standard InChI is InChI=1S/C19H16N6O2S/c20-18-22-17(23-19(21)24-18)13-8-10-14(11-9-13)25-28(26,27)16-7-3-5-12-4-1-2-6-15(12)16/h1-11,25H,(H4,20,21,22,23,24). The van der Waals surface area contributed by atoms with Crippen LogP contribution in [0, 0.1) is 0 Å². The lowest BCUT2D eigenvalue weighted by Gasteiger charge is -2.11. The minimum absolute atomic E-state index is 0.0169. The maximum absolute atomic E-state index is 12.9. The summed E-state index contributed by atoms with van der Waals surface area (Å²) in [6, 6.07) is 19.1. The first-order valence-corrected chi connectivity index (χ1v) is 9.79. The summed E-state index contributed by atoms with van der Waals surface area (Å²) in [6.07, 6.45) is 0. The van der Waals surface area contributed by atoms with Crippen molar-refractivity contribution < 1.29 is 8.42 Å². The number of hydrogen-bond acceptors (Lipinski definition) is 7. The van der Waals surface area contributed by atoms with Crippen LogP contribution in [0.1, 0.15) is 0 Å². The summed E-state index contributed by atoms with van der Waals surface area (Å²) in [5.74, 6) is 0.347. The van der Waals surface area contributed by atoms with Gasteiger partial charge in [0.15, 0.2) is 5.82 Å². The number of nitrogens with one attached hydrogen (secondary N) is 1. The molecule has 1 aromatic heterocycles. The third-order valence-corrected chi connectivity index (χ3v) is 5.54. The van der Waals surface area contributed by atoms with E-state index in [1.54, 1.807) is 42.5 Å². The molecule has 0 aliphatic rings. The Morgan fingerprint density at radius 1 is 0.750 bits per heavy atom. The number of aromatic nitrogens is 3. The number of nitrogens with two attached hydrogens (primary N) is 2. The Kier molecular flexibility index (Phi) is 4.28. The summed E-state index contributed by atoms with van der Waals surface area (Å²) in [5.41, 5.74) is 12.2. The van der Waals surface area contributed by atoms with E-state index in [1.807, 2.05) is 24.3 Å². The van der Waals surface area contributed by atoms with Gasteiger partial charge in [0.2, 0.25) is 11.9 Å². The molecule has 0 atom stereocenters. The molecule has 0 fully saturated rings. The molecule has 0 spiro atoms. The van der Waals surface area contributed by atoms with Gasteiger partial charge in [-0.05, 0) is 35.7 Å². The van der Waals surface area contributed by atoms with Crippen LogP contribution >= 0.6 is 0 Å². The lowest BCUT2D eigenvalue weighted by molar-refractivity contribution is 0.602. The van der Waals surface area contributed by atoms with Gasteiger partial charge in [-0.2, -0.15) is 15.0 Å². The molecule has 0 saturated carbocycles. The van der Waals surface area contributed by atoms with E-state index >= 15 is 0 Å². The van der Waals surface area contributed by atoms with Gasteiger partial charge in [0.05, 0.1) is 4.90 Å². The lowest BCUT2D eigenvalue weighted by atomic mass is 10.1. The van der Waals surface area contributed by atoms with Crippen molar-refractivity contribution in [1.29, 1.82) is 0 Å². The van der Waals surface area contributed by atoms with Crippen molar-refractivity contribution in [2.24, 2.45) is 0 Å². The van der Waals surface area contributed by atoms with Gasteiger partial charge in [-0.3, -0.25) is 4.72 Å². The first-order chi connectivity index (χ1) is 13.4. The van der Waals surface area contributed by atoms with Crippen LogP contribution in [0.2, 0.25) is 0 Å². The summed E-state index contributed by atoms with van der Waals surface area (Å²) in [7, 11) is -3.76. The van der Waals surface area contributed by atoms with Crippen LogP contribution < -0.4 is 16.2 Å². The molecule has 9 heteroatoms. The van der Waals surface area contributed by atoms with Crippen LogP contribution in [0.4, 0.5) is 17.6 Å². The zero-order chi connectivity index (χ0) is 19.7. The fraction of sp³-hybridized carbons (Fsp3) is 0. The zero-order valence-corrected chi connectivity index (χ0v) is 15.4. The molecule has 3 aromatic carbocycles. The SMILES string of the molecule is Nc1nc(N)nc(-c2ccc(NS(=O)(=O)c3cccc4ccccc34)cc2)n1. The predicted molar refractivity (Wildman–Crippen MR) is 109 cm³/mol. The lowest BCUT2D eigenvalue weighted by Crippen LogP contribution is -2.13. The molecule has 0 amide bonds. The Morgan fingerprint density at radius 2 is 1.39 bits per heavy atom. The summed E-state index contributed by atoms with van der Waals surface area (Å²) in [5, 5.41) is 1.51. The molecule has 0 saturated heterocycles. The Hall–Kier alpha value is -3.72. The molecule has 0 aliphatic carbocycles. The summed E-state index contributed by atoms with van der Waals surface area (Å²) in [6.45, 7) is 0. The van der Waals surface area contributed by atoms with Gasteiger partial charge in [0, 0.05) is 16.6 Å². The number of nitrogens with zero attached hydrogens (tertiary/aromatic N) is 3. The first kappa shape index (κ1) is 17.7. The number of fused-ring (bicyclic) bond motifs is 1. The number of rotatable bonds is 4. The second-order valence-corrected chi connectivity index (χ2v) is 7.69. The van der Waals surface area contributed by atoms with Crippen LogP contribution in [0.3, 0.4) is 0 Å². The van der Waals surface area contributed by atoms with E-state index in [1.165, 1.54) is 0 Å². The van der Waals surface area contributed by atoms with Crippen LogP contribution in [-0.4, -0.2) is 23.4 Å². The van der Waals surface area contributed by atoms with Gasteiger partial charge in [-0.25, -0.2) is 8.42 Å². The monoisotopic (exact) mass is 392 g/mol. The van der Waals surface area contributed by atoms with Crippen molar-refractivity contribution in [2.75, 3.05) is 16.2 Å². The molecular weight excluding hydrogens is 376 g/mol. The van der Waals surface area contributed by atoms with Gasteiger partial charge in [0.1, 0.15) is 0 Å². The molecule has 0 radical (unpaired) electrons. The van der Waals surface area contributed by atoms with Crippen molar-refractivity contribution in [3.8, 4) is 11.4 Å². The molecule has 140 valence electrons. The molecule has 5 N–H and O–H groups in total. The van der Waals surface area contributed by atoms with Gasteiger partial charge in [-0.15, -0.1) is 0 Å². The van der Waals surface area contributed by atoms with E-state index in [9.17, 15) is 8.42 Å². The number of nitrogen functional groups attached to an aromatic ring is 2. The zero-order valence-electron chi connectivity index (χ0n) is 14.6. The quantitative estimate of drug-likeness (QED) is 0.485. The van der Waals surface area contributed by atoms with Gasteiger partial charge >= 0.3 is 0 Å². The number of benzene rings is 3. The van der Waals surface area contributed by atoms with E-state index in [4.69, 9.17) is 11.5 Å². The number of hydrogen-bond donors (Lipinski definition) is 3. The van der Waals surface area contributed by atoms with Crippen molar-refractivity contribution in [1.82, 2.24) is 15.0 Å². The van der Waals surface area contributed by atoms with Gasteiger partial charge in [0.25, 0.3) is 10.0 Å². The molecule has 0 aliphatic heterocycles. The summed E-state index contributed by atoms with van der Waals surface area (Å²) in [4.78, 5) is 12.0. The first-order valence-electron chi connectivity index (χ1n) is 8.30. The third-order valence-electron chi connectivity index (χ3n) is 4.10. The molecule has 28 heavy (non-hydrogen) atoms. The normalized spacial score (nSPS) is 11.4. The summed E-state index contributed by atoms with van der Waals surface area (Å²) < 4.78 is 28.4. The molecule has 4 rings (SSSR count). The minimum Gasteiger partial charge on any atom is -0.368 e. The second-order valence-electron chi connectivity index (χ2n) is 6.04. The molecule has 0 bridgehead atoms. The van der Waals surface area contributed by atoms with E-state index in [0.717, 1.165) is 5.39 Å².